The van der Waals surface area contributed by atoms with Crippen molar-refractivity contribution in [3.8, 4) is 0 Å². The smallest absolute Gasteiger partial charge is 0.259 e. The van der Waals surface area contributed by atoms with Gasteiger partial charge >= 0.3 is 0 Å². The highest BCUT2D eigenvalue weighted by Crippen LogP contribution is 2.30. The molecule has 0 radical (unpaired) electrons. The third kappa shape index (κ3) is 1.81. The summed E-state index contributed by atoms with van der Waals surface area (Å²) in [7, 11) is 0. The second kappa shape index (κ2) is 4.11. The quantitative estimate of drug-likeness (QED) is 0.773. The van der Waals surface area contributed by atoms with Crippen molar-refractivity contribution in [2.75, 3.05) is 13.1 Å². The molecule has 2 heterocycles. The summed E-state index contributed by atoms with van der Waals surface area (Å²) in [6.45, 7) is 2.08. The molecule has 0 aromatic carbocycles. The maximum absolute atomic E-state index is 11.1. The zero-order chi connectivity index (χ0) is 9.97. The summed E-state index contributed by atoms with van der Waals surface area (Å²) in [5.74, 6) is 0.235. The number of primary amides is 1. The highest BCUT2D eigenvalue weighted by atomic mass is 32.1. The summed E-state index contributed by atoms with van der Waals surface area (Å²) in [5, 5.41) is 5.27. The molecular formula is C10H14N2OS. The average molecular weight is 210 g/mol. The van der Waals surface area contributed by atoms with Crippen LogP contribution >= 0.6 is 11.3 Å². The van der Waals surface area contributed by atoms with Crippen molar-refractivity contribution in [2.24, 2.45) is 5.73 Å². The van der Waals surface area contributed by atoms with Crippen molar-refractivity contribution < 1.29 is 4.79 Å². The van der Waals surface area contributed by atoms with E-state index in [0.29, 0.717) is 5.92 Å². The number of nitrogens with two attached hydrogens (primary N) is 1. The van der Waals surface area contributed by atoms with E-state index in [9.17, 15) is 4.79 Å². The molecule has 3 nitrogen and oxygen atoms in total. The molecule has 1 aliphatic heterocycles. The fourth-order valence-electron chi connectivity index (χ4n) is 1.97. The minimum Gasteiger partial charge on any atom is -0.365 e. The number of hydrogen-bond acceptors (Lipinski definition) is 3. The van der Waals surface area contributed by atoms with Gasteiger partial charge in [0.05, 0.1) is 4.88 Å². The minimum atomic E-state index is -0.284. The molecule has 1 fully saturated rings. The molecule has 1 amide bonds. The first-order valence-corrected chi connectivity index (χ1v) is 5.75. The molecule has 0 aliphatic carbocycles. The Labute approximate surface area is 87.3 Å². The number of amides is 1. The molecule has 1 aromatic rings. The van der Waals surface area contributed by atoms with E-state index >= 15 is 0 Å². The number of piperidine rings is 1. The summed E-state index contributed by atoms with van der Waals surface area (Å²) in [6.07, 6.45) is 2.22. The number of carbonyl (C=O) groups is 1. The zero-order valence-electron chi connectivity index (χ0n) is 7.95. The fraction of sp³-hybridized carbons (Fsp3) is 0.500. The van der Waals surface area contributed by atoms with Gasteiger partial charge in [0, 0.05) is 0 Å². The van der Waals surface area contributed by atoms with Gasteiger partial charge in [-0.2, -0.15) is 0 Å². The zero-order valence-corrected chi connectivity index (χ0v) is 8.77. The Kier molecular flexibility index (Phi) is 2.84. The van der Waals surface area contributed by atoms with Crippen LogP contribution < -0.4 is 11.1 Å². The third-order valence-corrected chi connectivity index (χ3v) is 3.64. The lowest BCUT2D eigenvalue weighted by Gasteiger charge is -2.22. The Morgan fingerprint density at radius 1 is 1.50 bits per heavy atom. The van der Waals surface area contributed by atoms with Crippen LogP contribution in [0.4, 0.5) is 0 Å². The van der Waals surface area contributed by atoms with Crippen molar-refractivity contribution in [3.63, 3.8) is 0 Å². The molecule has 3 N–H and O–H groups in total. The van der Waals surface area contributed by atoms with E-state index in [1.54, 1.807) is 0 Å². The van der Waals surface area contributed by atoms with Gasteiger partial charge in [0.25, 0.3) is 5.91 Å². The predicted molar refractivity (Wildman–Crippen MR) is 57.7 cm³/mol. The van der Waals surface area contributed by atoms with E-state index in [4.69, 9.17) is 5.73 Å². The van der Waals surface area contributed by atoms with Crippen LogP contribution in [0.1, 0.15) is 34.0 Å². The molecule has 2 rings (SSSR count). The molecule has 0 atom stereocenters. The highest BCUT2D eigenvalue weighted by Gasteiger charge is 2.20. The van der Waals surface area contributed by atoms with E-state index in [1.165, 1.54) is 11.3 Å². The first kappa shape index (κ1) is 9.68. The Balaban J connectivity index is 2.21. The van der Waals surface area contributed by atoms with E-state index in [-0.39, 0.29) is 5.91 Å². The summed E-state index contributed by atoms with van der Waals surface area (Å²) in [6, 6.07) is 2.04. The Bertz CT molecular complexity index is 329. The van der Waals surface area contributed by atoms with E-state index in [2.05, 4.69) is 5.32 Å². The van der Waals surface area contributed by atoms with Gasteiger partial charge in [-0.25, -0.2) is 0 Å². The minimum absolute atomic E-state index is 0.284. The Morgan fingerprint density at radius 3 is 2.86 bits per heavy atom. The standard InChI is InChI=1S/C10H14N2OS/c11-10(13)9-8(3-6-14-9)7-1-4-12-5-2-7/h3,6-7,12H,1-2,4-5H2,(H2,11,13). The molecule has 0 saturated carbocycles. The van der Waals surface area contributed by atoms with Crippen molar-refractivity contribution in [2.45, 2.75) is 18.8 Å². The van der Waals surface area contributed by atoms with E-state index in [1.807, 2.05) is 11.4 Å². The molecule has 4 heteroatoms. The highest BCUT2D eigenvalue weighted by molar-refractivity contribution is 7.12. The molecule has 0 unspecified atom stereocenters. The second-order valence-electron chi connectivity index (χ2n) is 3.59. The summed E-state index contributed by atoms with van der Waals surface area (Å²) >= 11 is 1.46. The van der Waals surface area contributed by atoms with Crippen LogP contribution in [0.15, 0.2) is 11.4 Å². The lowest BCUT2D eigenvalue weighted by Crippen LogP contribution is -2.27. The number of rotatable bonds is 2. The first-order valence-electron chi connectivity index (χ1n) is 4.87. The molecule has 0 spiro atoms. The van der Waals surface area contributed by atoms with Crippen LogP contribution in [0.25, 0.3) is 0 Å². The van der Waals surface area contributed by atoms with Crippen LogP contribution in [0.2, 0.25) is 0 Å². The van der Waals surface area contributed by atoms with Gasteiger partial charge in [-0.3, -0.25) is 4.79 Å². The van der Waals surface area contributed by atoms with Crippen molar-refractivity contribution >= 4 is 17.2 Å². The number of hydrogen-bond donors (Lipinski definition) is 2. The van der Waals surface area contributed by atoms with Gasteiger partial charge in [-0.05, 0) is 48.9 Å². The summed E-state index contributed by atoms with van der Waals surface area (Å²) in [5.41, 5.74) is 6.48. The third-order valence-electron chi connectivity index (χ3n) is 2.70. The monoisotopic (exact) mass is 210 g/mol. The van der Waals surface area contributed by atoms with Gasteiger partial charge in [0.15, 0.2) is 0 Å². The van der Waals surface area contributed by atoms with Crippen LogP contribution in [-0.2, 0) is 0 Å². The molecule has 1 aromatic heterocycles. The molecule has 14 heavy (non-hydrogen) atoms. The fourth-order valence-corrected chi connectivity index (χ4v) is 2.81. The first-order chi connectivity index (χ1) is 6.79. The maximum atomic E-state index is 11.1. The van der Waals surface area contributed by atoms with Crippen molar-refractivity contribution in [1.29, 1.82) is 0 Å². The predicted octanol–water partition coefficient (Wildman–Crippen LogP) is 1.31. The molecule has 1 saturated heterocycles. The number of carbonyl (C=O) groups excluding carboxylic acids is 1. The molecule has 76 valence electrons. The Hall–Kier alpha value is -0.870. The van der Waals surface area contributed by atoms with Gasteiger partial charge in [0.2, 0.25) is 0 Å². The summed E-state index contributed by atoms with van der Waals surface area (Å²) < 4.78 is 0. The topological polar surface area (TPSA) is 55.1 Å². The SMILES string of the molecule is NC(=O)c1sccc1C1CCNCC1. The van der Waals surface area contributed by atoms with Crippen molar-refractivity contribution in [1.82, 2.24) is 5.32 Å². The molecule has 1 aliphatic rings. The Morgan fingerprint density at radius 2 is 2.21 bits per heavy atom. The van der Waals surface area contributed by atoms with Gasteiger partial charge in [-0.1, -0.05) is 0 Å². The largest absolute Gasteiger partial charge is 0.365 e. The van der Waals surface area contributed by atoms with Crippen LogP contribution in [0.5, 0.6) is 0 Å². The lowest BCUT2D eigenvalue weighted by atomic mass is 9.90. The number of thiophene rings is 1. The molecule has 0 bridgehead atoms. The van der Waals surface area contributed by atoms with Gasteiger partial charge in [0.1, 0.15) is 0 Å². The van der Waals surface area contributed by atoms with Crippen LogP contribution in [0, 0.1) is 0 Å². The molecular weight excluding hydrogens is 196 g/mol. The van der Waals surface area contributed by atoms with Crippen LogP contribution in [0.3, 0.4) is 0 Å². The number of nitrogens with one attached hydrogen (secondary N) is 1. The van der Waals surface area contributed by atoms with E-state index < -0.39 is 0 Å². The van der Waals surface area contributed by atoms with Crippen molar-refractivity contribution in [3.05, 3.63) is 21.9 Å². The van der Waals surface area contributed by atoms with Gasteiger partial charge < -0.3 is 11.1 Å². The van der Waals surface area contributed by atoms with E-state index in [0.717, 1.165) is 36.4 Å². The maximum Gasteiger partial charge on any atom is 0.259 e. The van der Waals surface area contributed by atoms with Crippen LogP contribution in [-0.4, -0.2) is 19.0 Å². The normalized spacial score (nSPS) is 18.3. The second-order valence-corrected chi connectivity index (χ2v) is 4.51. The average Bonchev–Trinajstić information content (AvgIpc) is 2.67. The summed E-state index contributed by atoms with van der Waals surface area (Å²) in [4.78, 5) is 11.9. The lowest BCUT2D eigenvalue weighted by molar-refractivity contribution is 0.100. The van der Waals surface area contributed by atoms with Gasteiger partial charge in [-0.15, -0.1) is 11.3 Å².